The molecule has 5 nitrogen and oxygen atoms in total. The summed E-state index contributed by atoms with van der Waals surface area (Å²) in [6.07, 6.45) is -0.431. The molecule has 1 N–H and O–H groups in total. The monoisotopic (exact) mass is 314 g/mol. The van der Waals surface area contributed by atoms with Crippen LogP contribution in [0.2, 0.25) is 0 Å². The fraction of sp³-hybridized carbons (Fsp3) is 0.176. The topological polar surface area (TPSA) is 59.9 Å². The van der Waals surface area contributed by atoms with Gasteiger partial charge in [0.25, 0.3) is 5.91 Å². The second-order valence-corrected chi connectivity index (χ2v) is 5.04. The van der Waals surface area contributed by atoms with Crippen molar-refractivity contribution in [2.75, 3.05) is 12.4 Å². The lowest BCUT2D eigenvalue weighted by molar-refractivity contribution is -0.125. The Morgan fingerprint density at radius 2 is 2.13 bits per heavy atom. The lowest BCUT2D eigenvalue weighted by Crippen LogP contribution is -2.28. The smallest absolute Gasteiger partial charge is 0.268 e. The van der Waals surface area contributed by atoms with E-state index in [1.165, 1.54) is 18.2 Å². The zero-order valence-corrected chi connectivity index (χ0v) is 12.5. The Balaban J connectivity index is 1.68. The minimum absolute atomic E-state index is 0.321. The zero-order valence-electron chi connectivity index (χ0n) is 12.5. The molecule has 2 aromatic carbocycles. The van der Waals surface area contributed by atoms with Gasteiger partial charge >= 0.3 is 0 Å². The molecule has 0 spiro atoms. The Morgan fingerprint density at radius 1 is 1.30 bits per heavy atom. The Bertz CT molecular complexity index is 761. The maximum absolute atomic E-state index is 13.1. The van der Waals surface area contributed by atoms with Gasteiger partial charge in [-0.15, -0.1) is 0 Å². The standard InChI is InChI=1S/C17H15FN2O3/c1-22-15-8-3-2-7-13(15)14-10-16(23-20-14)17(21)19-12-6-4-5-11(18)9-12/h2-9,16H,10H2,1H3,(H,19,21). The van der Waals surface area contributed by atoms with Crippen molar-refractivity contribution < 1.29 is 18.8 Å². The van der Waals surface area contributed by atoms with Gasteiger partial charge in [-0.3, -0.25) is 4.79 Å². The van der Waals surface area contributed by atoms with Crippen LogP contribution >= 0.6 is 0 Å². The molecule has 0 radical (unpaired) electrons. The molecule has 0 aromatic heterocycles. The maximum atomic E-state index is 13.1. The van der Waals surface area contributed by atoms with Crippen molar-refractivity contribution in [1.29, 1.82) is 0 Å². The van der Waals surface area contributed by atoms with Gasteiger partial charge in [-0.05, 0) is 30.3 Å². The molecule has 6 heteroatoms. The SMILES string of the molecule is COc1ccccc1C1=NOC(C(=O)Nc2cccc(F)c2)C1. The first kappa shape index (κ1) is 15.0. The van der Waals surface area contributed by atoms with E-state index in [0.717, 1.165) is 5.56 Å². The summed E-state index contributed by atoms with van der Waals surface area (Å²) in [6.45, 7) is 0. The number of rotatable bonds is 4. The highest BCUT2D eigenvalue weighted by molar-refractivity contribution is 6.07. The van der Waals surface area contributed by atoms with E-state index in [9.17, 15) is 9.18 Å². The molecule has 0 saturated carbocycles. The van der Waals surface area contributed by atoms with Crippen molar-refractivity contribution in [3.05, 3.63) is 59.9 Å². The first-order valence-electron chi connectivity index (χ1n) is 7.10. The zero-order chi connectivity index (χ0) is 16.2. The van der Waals surface area contributed by atoms with Crippen LogP contribution in [0.5, 0.6) is 5.75 Å². The molecule has 0 fully saturated rings. The van der Waals surface area contributed by atoms with Crippen molar-refractivity contribution in [3.63, 3.8) is 0 Å². The largest absolute Gasteiger partial charge is 0.496 e. The summed E-state index contributed by atoms with van der Waals surface area (Å²) in [7, 11) is 1.57. The molecule has 1 aliphatic rings. The van der Waals surface area contributed by atoms with Crippen molar-refractivity contribution >= 4 is 17.3 Å². The fourth-order valence-corrected chi connectivity index (χ4v) is 2.35. The summed E-state index contributed by atoms with van der Waals surface area (Å²) < 4.78 is 18.4. The van der Waals surface area contributed by atoms with Gasteiger partial charge in [-0.2, -0.15) is 0 Å². The highest BCUT2D eigenvalue weighted by Gasteiger charge is 2.30. The maximum Gasteiger partial charge on any atom is 0.268 e. The fourth-order valence-electron chi connectivity index (χ4n) is 2.35. The van der Waals surface area contributed by atoms with Crippen LogP contribution in [0.1, 0.15) is 12.0 Å². The van der Waals surface area contributed by atoms with Crippen molar-refractivity contribution in [2.24, 2.45) is 5.16 Å². The Morgan fingerprint density at radius 3 is 2.91 bits per heavy atom. The van der Waals surface area contributed by atoms with E-state index in [1.807, 2.05) is 24.3 Å². The van der Waals surface area contributed by atoms with Crippen LogP contribution < -0.4 is 10.1 Å². The summed E-state index contributed by atoms with van der Waals surface area (Å²) in [6, 6.07) is 13.1. The Hall–Kier alpha value is -2.89. The van der Waals surface area contributed by atoms with Crippen LogP contribution in [0.4, 0.5) is 10.1 Å². The van der Waals surface area contributed by atoms with E-state index in [0.29, 0.717) is 23.6 Å². The third-order valence-corrected chi connectivity index (χ3v) is 3.47. The minimum Gasteiger partial charge on any atom is -0.496 e. The van der Waals surface area contributed by atoms with Crippen LogP contribution in [0, 0.1) is 5.82 Å². The quantitative estimate of drug-likeness (QED) is 0.944. The average molecular weight is 314 g/mol. The van der Waals surface area contributed by atoms with Crippen LogP contribution in [-0.4, -0.2) is 24.8 Å². The number of hydrogen-bond donors (Lipinski definition) is 1. The van der Waals surface area contributed by atoms with Gasteiger partial charge in [0.2, 0.25) is 6.10 Å². The molecule has 1 aliphatic heterocycles. The molecular weight excluding hydrogens is 299 g/mol. The molecule has 1 amide bonds. The summed E-state index contributed by atoms with van der Waals surface area (Å²) in [4.78, 5) is 17.4. The molecule has 0 bridgehead atoms. The van der Waals surface area contributed by atoms with E-state index in [-0.39, 0.29) is 5.91 Å². The summed E-state index contributed by atoms with van der Waals surface area (Å²) in [5.74, 6) is -0.119. The third kappa shape index (κ3) is 3.31. The molecule has 2 aromatic rings. The predicted molar refractivity (Wildman–Crippen MR) is 84.1 cm³/mol. The molecule has 0 aliphatic carbocycles. The number of carbonyl (C=O) groups is 1. The number of ether oxygens (including phenoxy) is 1. The number of nitrogens with zero attached hydrogens (tertiary/aromatic N) is 1. The third-order valence-electron chi connectivity index (χ3n) is 3.47. The molecule has 23 heavy (non-hydrogen) atoms. The van der Waals surface area contributed by atoms with Crippen LogP contribution in [-0.2, 0) is 9.63 Å². The number of oxime groups is 1. The van der Waals surface area contributed by atoms with Gasteiger partial charge in [0, 0.05) is 17.7 Å². The predicted octanol–water partition coefficient (Wildman–Crippen LogP) is 2.97. The van der Waals surface area contributed by atoms with Crippen LogP contribution in [0.3, 0.4) is 0 Å². The molecule has 1 heterocycles. The molecular formula is C17H15FN2O3. The van der Waals surface area contributed by atoms with Gasteiger partial charge in [0.15, 0.2) is 0 Å². The number of carbonyl (C=O) groups excluding carboxylic acids is 1. The Labute approximate surface area is 132 Å². The second kappa shape index (κ2) is 6.48. The first-order chi connectivity index (χ1) is 11.2. The lowest BCUT2D eigenvalue weighted by atomic mass is 10.0. The minimum atomic E-state index is -0.752. The van der Waals surface area contributed by atoms with E-state index >= 15 is 0 Å². The van der Waals surface area contributed by atoms with Gasteiger partial charge in [-0.25, -0.2) is 4.39 Å². The molecule has 0 saturated heterocycles. The highest BCUT2D eigenvalue weighted by Crippen LogP contribution is 2.25. The van der Waals surface area contributed by atoms with Crippen LogP contribution in [0.25, 0.3) is 0 Å². The number of methoxy groups -OCH3 is 1. The van der Waals surface area contributed by atoms with Gasteiger partial charge in [-0.1, -0.05) is 23.4 Å². The average Bonchev–Trinajstić information content (AvgIpc) is 3.05. The summed E-state index contributed by atoms with van der Waals surface area (Å²) >= 11 is 0. The van der Waals surface area contributed by atoms with Gasteiger partial charge in [0.05, 0.1) is 12.8 Å². The van der Waals surface area contributed by atoms with Crippen LogP contribution in [0.15, 0.2) is 53.7 Å². The normalized spacial score (nSPS) is 16.4. The van der Waals surface area contributed by atoms with E-state index in [1.54, 1.807) is 13.2 Å². The summed E-state index contributed by atoms with van der Waals surface area (Å²) in [5.41, 5.74) is 1.81. The second-order valence-electron chi connectivity index (χ2n) is 5.04. The van der Waals surface area contributed by atoms with Gasteiger partial charge in [0.1, 0.15) is 11.6 Å². The number of halogens is 1. The van der Waals surface area contributed by atoms with Crippen molar-refractivity contribution in [3.8, 4) is 5.75 Å². The highest BCUT2D eigenvalue weighted by atomic mass is 19.1. The number of anilines is 1. The van der Waals surface area contributed by atoms with Crippen molar-refractivity contribution in [2.45, 2.75) is 12.5 Å². The van der Waals surface area contributed by atoms with Gasteiger partial charge < -0.3 is 14.9 Å². The van der Waals surface area contributed by atoms with Crippen molar-refractivity contribution in [1.82, 2.24) is 0 Å². The number of hydrogen-bond acceptors (Lipinski definition) is 4. The Kier molecular flexibility index (Phi) is 4.23. The van der Waals surface area contributed by atoms with E-state index in [2.05, 4.69) is 10.5 Å². The number of benzene rings is 2. The summed E-state index contributed by atoms with van der Waals surface area (Å²) in [5, 5.41) is 6.59. The number of amides is 1. The molecule has 1 atom stereocenters. The molecule has 3 rings (SSSR count). The van der Waals surface area contributed by atoms with E-state index in [4.69, 9.17) is 9.57 Å². The molecule has 118 valence electrons. The molecule has 1 unspecified atom stereocenters. The number of para-hydroxylation sites is 1. The lowest BCUT2D eigenvalue weighted by Gasteiger charge is -2.10. The number of nitrogens with one attached hydrogen (secondary N) is 1. The first-order valence-corrected chi connectivity index (χ1v) is 7.10. The van der Waals surface area contributed by atoms with E-state index < -0.39 is 11.9 Å².